The van der Waals surface area contributed by atoms with Crippen LogP contribution in [0, 0.1) is 11.3 Å². The molecule has 0 aliphatic heterocycles. The molecule has 134 valence electrons. The third-order valence-corrected chi connectivity index (χ3v) is 3.79. The fourth-order valence-corrected chi connectivity index (χ4v) is 2.54. The van der Waals surface area contributed by atoms with Crippen LogP contribution in [0.5, 0.6) is 0 Å². The summed E-state index contributed by atoms with van der Waals surface area (Å²) in [5.41, 5.74) is 1.73. The molecular weight excluding hydrogens is 328 g/mol. The van der Waals surface area contributed by atoms with Gasteiger partial charge in [-0.2, -0.15) is 5.26 Å². The van der Waals surface area contributed by atoms with Crippen LogP contribution in [-0.2, 0) is 0 Å². The van der Waals surface area contributed by atoms with Gasteiger partial charge in [0.2, 0.25) is 0 Å². The zero-order valence-electron chi connectivity index (χ0n) is 15.0. The van der Waals surface area contributed by atoms with Crippen LogP contribution in [0.25, 0.3) is 0 Å². The van der Waals surface area contributed by atoms with E-state index in [1.54, 1.807) is 35.2 Å². The third kappa shape index (κ3) is 4.90. The van der Waals surface area contributed by atoms with Gasteiger partial charge in [-0.25, -0.2) is 0 Å². The molecule has 0 aliphatic rings. The minimum atomic E-state index is -0.330. The predicted molar refractivity (Wildman–Crippen MR) is 99.8 cm³/mol. The zero-order valence-corrected chi connectivity index (χ0v) is 15.0. The molecule has 0 aliphatic carbocycles. The lowest BCUT2D eigenvalue weighted by molar-refractivity contribution is 0.0749. The maximum absolute atomic E-state index is 12.6. The Morgan fingerprint density at radius 3 is 2.35 bits per heavy atom. The van der Waals surface area contributed by atoms with Crippen molar-refractivity contribution in [3.05, 3.63) is 59.4 Å². The number of nitrogens with one attached hydrogen (secondary N) is 1. The van der Waals surface area contributed by atoms with E-state index in [4.69, 9.17) is 5.26 Å². The van der Waals surface area contributed by atoms with Crippen molar-refractivity contribution in [2.75, 3.05) is 18.4 Å². The standard InChI is InChI=1S/C20H22N4O2/c1-3-11-24(12-4-2)20(26)18-13-16(9-10-22-18)19(25)23-17-7-5-15(14-21)6-8-17/h5-10,13H,3-4,11-12H2,1-2H3,(H,23,25). The zero-order chi connectivity index (χ0) is 18.9. The number of pyridine rings is 1. The number of carbonyl (C=O) groups is 2. The lowest BCUT2D eigenvalue weighted by atomic mass is 10.1. The number of aromatic nitrogens is 1. The lowest BCUT2D eigenvalue weighted by Crippen LogP contribution is -2.33. The summed E-state index contributed by atoms with van der Waals surface area (Å²) in [5.74, 6) is -0.495. The van der Waals surface area contributed by atoms with Crippen molar-refractivity contribution < 1.29 is 9.59 Å². The number of rotatable bonds is 7. The van der Waals surface area contributed by atoms with Crippen LogP contribution >= 0.6 is 0 Å². The van der Waals surface area contributed by atoms with Crippen molar-refractivity contribution in [2.24, 2.45) is 0 Å². The topological polar surface area (TPSA) is 86.1 Å². The molecule has 1 aromatic carbocycles. The highest BCUT2D eigenvalue weighted by molar-refractivity contribution is 6.05. The Hall–Kier alpha value is -3.20. The van der Waals surface area contributed by atoms with Crippen LogP contribution in [0.4, 0.5) is 5.69 Å². The van der Waals surface area contributed by atoms with E-state index in [0.29, 0.717) is 29.9 Å². The highest BCUT2D eigenvalue weighted by Crippen LogP contribution is 2.12. The molecule has 1 aromatic heterocycles. The van der Waals surface area contributed by atoms with E-state index < -0.39 is 0 Å². The smallest absolute Gasteiger partial charge is 0.272 e. The van der Waals surface area contributed by atoms with Crippen molar-refractivity contribution in [2.45, 2.75) is 26.7 Å². The SMILES string of the molecule is CCCN(CCC)C(=O)c1cc(C(=O)Nc2ccc(C#N)cc2)ccn1. The largest absolute Gasteiger partial charge is 0.337 e. The summed E-state index contributed by atoms with van der Waals surface area (Å²) in [7, 11) is 0. The monoisotopic (exact) mass is 350 g/mol. The first-order valence-corrected chi connectivity index (χ1v) is 8.65. The van der Waals surface area contributed by atoms with Gasteiger partial charge in [0.05, 0.1) is 11.6 Å². The Morgan fingerprint density at radius 2 is 1.77 bits per heavy atom. The Balaban J connectivity index is 2.15. The van der Waals surface area contributed by atoms with Gasteiger partial charge in [0.25, 0.3) is 11.8 Å². The van der Waals surface area contributed by atoms with Crippen LogP contribution in [0.2, 0.25) is 0 Å². The fourth-order valence-electron chi connectivity index (χ4n) is 2.54. The quantitative estimate of drug-likeness (QED) is 0.828. The van der Waals surface area contributed by atoms with E-state index >= 15 is 0 Å². The summed E-state index contributed by atoms with van der Waals surface area (Å²) < 4.78 is 0. The molecule has 2 amide bonds. The number of anilines is 1. The van der Waals surface area contributed by atoms with Crippen molar-refractivity contribution in [3.63, 3.8) is 0 Å². The molecule has 6 heteroatoms. The molecule has 0 bridgehead atoms. The summed E-state index contributed by atoms with van der Waals surface area (Å²) in [5, 5.41) is 11.6. The normalized spacial score (nSPS) is 10.0. The van der Waals surface area contributed by atoms with Crippen molar-refractivity contribution >= 4 is 17.5 Å². The van der Waals surface area contributed by atoms with E-state index in [1.165, 1.54) is 12.3 Å². The summed E-state index contributed by atoms with van der Waals surface area (Å²) in [6, 6.07) is 11.7. The van der Waals surface area contributed by atoms with Crippen molar-refractivity contribution in [1.82, 2.24) is 9.88 Å². The van der Waals surface area contributed by atoms with E-state index in [9.17, 15) is 9.59 Å². The number of hydrogen-bond donors (Lipinski definition) is 1. The van der Waals surface area contributed by atoms with Gasteiger partial charge in [-0.3, -0.25) is 14.6 Å². The van der Waals surface area contributed by atoms with Crippen molar-refractivity contribution in [1.29, 1.82) is 5.26 Å². The maximum Gasteiger partial charge on any atom is 0.272 e. The van der Waals surface area contributed by atoms with Gasteiger partial charge in [-0.15, -0.1) is 0 Å². The van der Waals surface area contributed by atoms with Crippen LogP contribution < -0.4 is 5.32 Å². The molecule has 1 N–H and O–H groups in total. The Bertz CT molecular complexity index is 803. The average molecular weight is 350 g/mol. The van der Waals surface area contributed by atoms with Crippen LogP contribution in [0.3, 0.4) is 0 Å². The van der Waals surface area contributed by atoms with Gasteiger partial charge in [0.1, 0.15) is 5.69 Å². The van der Waals surface area contributed by atoms with E-state index in [0.717, 1.165) is 12.8 Å². The van der Waals surface area contributed by atoms with Crippen LogP contribution in [0.15, 0.2) is 42.6 Å². The van der Waals surface area contributed by atoms with Gasteiger partial charge in [0, 0.05) is 30.5 Å². The van der Waals surface area contributed by atoms with E-state index in [1.807, 2.05) is 19.9 Å². The van der Waals surface area contributed by atoms with Gasteiger partial charge >= 0.3 is 0 Å². The van der Waals surface area contributed by atoms with Crippen molar-refractivity contribution in [3.8, 4) is 6.07 Å². The predicted octanol–water partition coefficient (Wildman–Crippen LogP) is 3.47. The summed E-state index contributed by atoms with van der Waals surface area (Å²) >= 11 is 0. The van der Waals surface area contributed by atoms with Gasteiger partial charge in [-0.1, -0.05) is 13.8 Å². The molecule has 0 spiro atoms. The molecule has 1 heterocycles. The highest BCUT2D eigenvalue weighted by atomic mass is 16.2. The summed E-state index contributed by atoms with van der Waals surface area (Å²) in [6.45, 7) is 5.36. The minimum absolute atomic E-state index is 0.165. The molecule has 0 fully saturated rings. The molecule has 2 rings (SSSR count). The first-order valence-electron chi connectivity index (χ1n) is 8.65. The van der Waals surface area contributed by atoms with E-state index in [-0.39, 0.29) is 17.5 Å². The number of amides is 2. The van der Waals surface area contributed by atoms with Crippen LogP contribution in [0.1, 0.15) is 53.1 Å². The minimum Gasteiger partial charge on any atom is -0.337 e. The van der Waals surface area contributed by atoms with E-state index in [2.05, 4.69) is 10.3 Å². The molecule has 6 nitrogen and oxygen atoms in total. The number of hydrogen-bond acceptors (Lipinski definition) is 4. The molecule has 0 atom stereocenters. The third-order valence-electron chi connectivity index (χ3n) is 3.79. The lowest BCUT2D eigenvalue weighted by Gasteiger charge is -2.21. The Morgan fingerprint density at radius 1 is 1.12 bits per heavy atom. The molecule has 0 saturated carbocycles. The summed E-state index contributed by atoms with van der Waals surface area (Å²) in [6.07, 6.45) is 3.20. The number of benzene rings is 1. The second-order valence-corrected chi connectivity index (χ2v) is 5.87. The fraction of sp³-hybridized carbons (Fsp3) is 0.300. The first kappa shape index (κ1) is 19.1. The number of carbonyl (C=O) groups excluding carboxylic acids is 2. The van der Waals surface area contributed by atoms with Crippen LogP contribution in [-0.4, -0.2) is 34.8 Å². The number of nitrogens with zero attached hydrogens (tertiary/aromatic N) is 3. The van der Waals surface area contributed by atoms with Gasteiger partial charge in [-0.05, 0) is 49.2 Å². The molecule has 0 unspecified atom stereocenters. The summed E-state index contributed by atoms with van der Waals surface area (Å²) in [4.78, 5) is 30.9. The molecule has 0 saturated heterocycles. The second kappa shape index (κ2) is 9.33. The highest BCUT2D eigenvalue weighted by Gasteiger charge is 2.17. The molecule has 2 aromatic rings. The van der Waals surface area contributed by atoms with Gasteiger partial charge in [0.15, 0.2) is 0 Å². The Kier molecular flexibility index (Phi) is 6.86. The second-order valence-electron chi connectivity index (χ2n) is 5.87. The maximum atomic E-state index is 12.6. The average Bonchev–Trinajstić information content (AvgIpc) is 2.68. The molecule has 26 heavy (non-hydrogen) atoms. The first-order chi connectivity index (χ1) is 12.6. The molecule has 0 radical (unpaired) electrons. The Labute approximate surface area is 153 Å². The molecular formula is C20H22N4O2. The van der Waals surface area contributed by atoms with Gasteiger partial charge < -0.3 is 10.2 Å². The number of nitriles is 1.